The van der Waals surface area contributed by atoms with Crippen molar-refractivity contribution in [2.24, 2.45) is 0 Å². The number of hydrogen-bond acceptors (Lipinski definition) is 2. The van der Waals surface area contributed by atoms with Gasteiger partial charge in [0.2, 0.25) is 0 Å². The second kappa shape index (κ2) is 4.09. The van der Waals surface area contributed by atoms with E-state index in [4.69, 9.17) is 16.7 Å². The summed E-state index contributed by atoms with van der Waals surface area (Å²) in [5, 5.41) is 13.6. The lowest BCUT2D eigenvalue weighted by molar-refractivity contribution is 0.0687. The maximum absolute atomic E-state index is 11.1. The third kappa shape index (κ3) is 2.21. The molecule has 0 spiro atoms. The first-order chi connectivity index (χ1) is 7.16. The Morgan fingerprint density at radius 2 is 1.94 bits per heavy atom. The minimum Gasteiger partial charge on any atom is -0.476 e. The third-order valence-electron chi connectivity index (χ3n) is 2.28. The molecule has 0 aliphatic rings. The molecule has 0 saturated carbocycles. The average molecular weight is 245 g/mol. The van der Waals surface area contributed by atoms with Crippen LogP contribution in [0.25, 0.3) is 0 Å². The third-order valence-corrected chi connectivity index (χ3v) is 2.64. The molecule has 0 unspecified atom stereocenters. The van der Waals surface area contributed by atoms with Gasteiger partial charge in [-0.3, -0.25) is 0 Å². The SMILES string of the molecule is CC(C)c1c(C(=O)O)nn(C(C)(C)C)c1Cl. The summed E-state index contributed by atoms with van der Waals surface area (Å²) in [7, 11) is 0. The van der Waals surface area contributed by atoms with Gasteiger partial charge in [0.1, 0.15) is 5.15 Å². The fourth-order valence-electron chi connectivity index (χ4n) is 1.52. The van der Waals surface area contributed by atoms with Crippen molar-refractivity contribution in [3.05, 3.63) is 16.4 Å². The lowest BCUT2D eigenvalue weighted by atomic mass is 10.0. The Balaban J connectivity index is 3.48. The zero-order chi connectivity index (χ0) is 12.7. The summed E-state index contributed by atoms with van der Waals surface area (Å²) in [6.07, 6.45) is 0. The second-order valence-electron chi connectivity index (χ2n) is 5.10. The number of nitrogens with zero attached hydrogens (tertiary/aromatic N) is 2. The van der Waals surface area contributed by atoms with Gasteiger partial charge in [0, 0.05) is 5.56 Å². The lowest BCUT2D eigenvalue weighted by Crippen LogP contribution is -2.23. The number of aromatic nitrogens is 2. The van der Waals surface area contributed by atoms with Crippen molar-refractivity contribution in [2.45, 2.75) is 46.1 Å². The highest BCUT2D eigenvalue weighted by molar-refractivity contribution is 6.31. The molecule has 0 fully saturated rings. The van der Waals surface area contributed by atoms with E-state index >= 15 is 0 Å². The van der Waals surface area contributed by atoms with E-state index in [0.29, 0.717) is 10.7 Å². The van der Waals surface area contributed by atoms with Crippen LogP contribution in [0.1, 0.15) is 56.6 Å². The van der Waals surface area contributed by atoms with Crippen molar-refractivity contribution >= 4 is 17.6 Å². The van der Waals surface area contributed by atoms with Crippen LogP contribution in [-0.4, -0.2) is 20.9 Å². The molecular formula is C11H17ClN2O2. The van der Waals surface area contributed by atoms with Crippen LogP contribution in [0.3, 0.4) is 0 Å². The largest absolute Gasteiger partial charge is 0.476 e. The van der Waals surface area contributed by atoms with Crippen LogP contribution in [0.15, 0.2) is 0 Å². The van der Waals surface area contributed by atoms with Crippen LogP contribution < -0.4 is 0 Å². The van der Waals surface area contributed by atoms with Crippen LogP contribution in [0, 0.1) is 0 Å². The van der Waals surface area contributed by atoms with Crippen molar-refractivity contribution in [3.63, 3.8) is 0 Å². The van der Waals surface area contributed by atoms with Gasteiger partial charge < -0.3 is 5.11 Å². The Morgan fingerprint density at radius 1 is 1.44 bits per heavy atom. The highest BCUT2D eigenvalue weighted by Gasteiger charge is 2.28. The van der Waals surface area contributed by atoms with Gasteiger partial charge in [0.05, 0.1) is 5.54 Å². The monoisotopic (exact) mass is 244 g/mol. The standard InChI is InChI=1S/C11H17ClN2O2/c1-6(2)7-8(10(15)16)13-14(9(7)12)11(3,4)5/h6H,1-5H3,(H,15,16). The molecule has 0 bridgehead atoms. The number of hydrogen-bond donors (Lipinski definition) is 1. The van der Waals surface area contributed by atoms with Gasteiger partial charge >= 0.3 is 5.97 Å². The summed E-state index contributed by atoms with van der Waals surface area (Å²) in [5.41, 5.74) is 0.327. The fourth-order valence-corrected chi connectivity index (χ4v) is 2.12. The number of halogens is 1. The molecule has 1 aromatic rings. The van der Waals surface area contributed by atoms with Crippen LogP contribution in [-0.2, 0) is 5.54 Å². The van der Waals surface area contributed by atoms with Gasteiger partial charge in [-0.2, -0.15) is 5.10 Å². The molecule has 5 heteroatoms. The van der Waals surface area contributed by atoms with Crippen molar-refractivity contribution in [1.82, 2.24) is 9.78 Å². The van der Waals surface area contributed by atoms with Crippen molar-refractivity contribution in [3.8, 4) is 0 Å². The molecule has 4 nitrogen and oxygen atoms in total. The topological polar surface area (TPSA) is 55.1 Å². The summed E-state index contributed by atoms with van der Waals surface area (Å²) in [4.78, 5) is 11.1. The summed E-state index contributed by atoms with van der Waals surface area (Å²) in [6.45, 7) is 9.61. The molecule has 0 radical (unpaired) electrons. The van der Waals surface area contributed by atoms with E-state index in [2.05, 4.69) is 5.10 Å². The molecule has 1 N–H and O–H groups in total. The average Bonchev–Trinajstić information content (AvgIpc) is 2.41. The number of carboxylic acids is 1. The first kappa shape index (κ1) is 13.0. The highest BCUT2D eigenvalue weighted by atomic mass is 35.5. The number of rotatable bonds is 2. The maximum Gasteiger partial charge on any atom is 0.356 e. The van der Waals surface area contributed by atoms with E-state index in [0.717, 1.165) is 0 Å². The number of aromatic carboxylic acids is 1. The second-order valence-corrected chi connectivity index (χ2v) is 5.45. The van der Waals surface area contributed by atoms with E-state index in [1.54, 1.807) is 4.68 Å². The first-order valence-electron chi connectivity index (χ1n) is 5.18. The molecule has 90 valence electrons. The molecular weight excluding hydrogens is 228 g/mol. The molecule has 0 saturated heterocycles. The van der Waals surface area contributed by atoms with E-state index < -0.39 is 5.97 Å². The first-order valence-corrected chi connectivity index (χ1v) is 5.56. The molecule has 1 rings (SSSR count). The number of carboxylic acid groups (broad SMARTS) is 1. The van der Waals surface area contributed by atoms with E-state index in [1.165, 1.54) is 0 Å². The summed E-state index contributed by atoms with van der Waals surface area (Å²) in [6, 6.07) is 0. The predicted octanol–water partition coefficient (Wildman–Crippen LogP) is 3.11. The van der Waals surface area contributed by atoms with Gasteiger partial charge in [-0.25, -0.2) is 9.48 Å². The van der Waals surface area contributed by atoms with Crippen molar-refractivity contribution < 1.29 is 9.90 Å². The van der Waals surface area contributed by atoms with Crippen LogP contribution in [0.2, 0.25) is 5.15 Å². The Morgan fingerprint density at radius 3 is 2.19 bits per heavy atom. The maximum atomic E-state index is 11.1. The van der Waals surface area contributed by atoms with Crippen LogP contribution >= 0.6 is 11.6 Å². The highest BCUT2D eigenvalue weighted by Crippen LogP contribution is 2.31. The normalized spacial score (nSPS) is 12.2. The van der Waals surface area contributed by atoms with Crippen molar-refractivity contribution in [2.75, 3.05) is 0 Å². The zero-order valence-electron chi connectivity index (χ0n) is 10.2. The van der Waals surface area contributed by atoms with Gasteiger partial charge in [0.15, 0.2) is 5.69 Å². The molecule has 0 aliphatic heterocycles. The quantitative estimate of drug-likeness (QED) is 0.870. The summed E-state index contributed by atoms with van der Waals surface area (Å²) in [5.74, 6) is -0.997. The smallest absolute Gasteiger partial charge is 0.356 e. The molecule has 0 aromatic carbocycles. The minimum atomic E-state index is -1.03. The Labute approximate surface area is 100 Å². The van der Waals surface area contributed by atoms with E-state index in [-0.39, 0.29) is 17.2 Å². The van der Waals surface area contributed by atoms with Gasteiger partial charge in [0.25, 0.3) is 0 Å². The molecule has 16 heavy (non-hydrogen) atoms. The van der Waals surface area contributed by atoms with Crippen LogP contribution in [0.5, 0.6) is 0 Å². The van der Waals surface area contributed by atoms with Gasteiger partial charge in [-0.05, 0) is 26.7 Å². The molecule has 0 aliphatic carbocycles. The lowest BCUT2D eigenvalue weighted by Gasteiger charge is -2.20. The van der Waals surface area contributed by atoms with E-state index in [9.17, 15) is 4.79 Å². The van der Waals surface area contributed by atoms with Crippen LogP contribution in [0.4, 0.5) is 0 Å². The molecule has 0 amide bonds. The number of carbonyl (C=O) groups is 1. The predicted molar refractivity (Wildman–Crippen MR) is 63.3 cm³/mol. The molecule has 1 heterocycles. The Kier molecular flexibility index (Phi) is 3.33. The Hall–Kier alpha value is -1.03. The molecule has 1 aromatic heterocycles. The molecule has 0 atom stereocenters. The summed E-state index contributed by atoms with van der Waals surface area (Å²) < 4.78 is 1.56. The zero-order valence-corrected chi connectivity index (χ0v) is 11.0. The van der Waals surface area contributed by atoms with Gasteiger partial charge in [-0.15, -0.1) is 0 Å². The van der Waals surface area contributed by atoms with E-state index in [1.807, 2.05) is 34.6 Å². The van der Waals surface area contributed by atoms with Gasteiger partial charge in [-0.1, -0.05) is 25.4 Å². The minimum absolute atomic E-state index is 0.0368. The Bertz CT molecular complexity index is 416. The fraction of sp³-hybridized carbons (Fsp3) is 0.636. The van der Waals surface area contributed by atoms with Crippen molar-refractivity contribution in [1.29, 1.82) is 0 Å². The summed E-state index contributed by atoms with van der Waals surface area (Å²) >= 11 is 6.19.